The third kappa shape index (κ3) is 6.83. The lowest BCUT2D eigenvalue weighted by Gasteiger charge is -2.16. The molecule has 0 aliphatic rings. The second kappa shape index (κ2) is 11.7. The molecule has 0 aromatic heterocycles. The summed E-state index contributed by atoms with van der Waals surface area (Å²) < 4.78 is 45.6. The molecule has 0 radical (unpaired) electrons. The van der Waals surface area contributed by atoms with Crippen LogP contribution in [0.25, 0.3) is 0 Å². The summed E-state index contributed by atoms with van der Waals surface area (Å²) in [5, 5.41) is 2.83. The Labute approximate surface area is 191 Å². The van der Waals surface area contributed by atoms with Crippen molar-refractivity contribution in [3.05, 3.63) is 83.4 Å². The molecule has 8 heteroatoms. The highest BCUT2D eigenvalue weighted by Crippen LogP contribution is 2.39. The van der Waals surface area contributed by atoms with Crippen molar-refractivity contribution < 1.29 is 32.5 Å². The number of carbonyl (C=O) groups excluding carboxylic acids is 1. The quantitative estimate of drug-likeness (QED) is 0.446. The Kier molecular flexibility index (Phi) is 8.46. The summed E-state index contributed by atoms with van der Waals surface area (Å²) in [7, 11) is 2.99. The van der Waals surface area contributed by atoms with Crippen molar-refractivity contribution in [3.63, 3.8) is 0 Å². The number of amides is 1. The second-order valence-corrected chi connectivity index (χ2v) is 7.01. The lowest BCUT2D eigenvalue weighted by atomic mass is 10.1. The summed E-state index contributed by atoms with van der Waals surface area (Å²) in [5.41, 5.74) is 2.21. The summed E-state index contributed by atoms with van der Waals surface area (Å²) in [6.07, 6.45) is 0.521. The van der Waals surface area contributed by atoms with Crippen LogP contribution in [0.1, 0.15) is 21.5 Å². The van der Waals surface area contributed by atoms with Gasteiger partial charge in [0.15, 0.2) is 11.5 Å². The third-order valence-electron chi connectivity index (χ3n) is 4.80. The minimum Gasteiger partial charge on any atom is -0.493 e. The predicted octanol–water partition coefficient (Wildman–Crippen LogP) is 4.86. The molecule has 1 N–H and O–H groups in total. The third-order valence-corrected chi connectivity index (χ3v) is 4.80. The zero-order valence-corrected chi connectivity index (χ0v) is 18.3. The number of rotatable bonds is 11. The second-order valence-electron chi connectivity index (χ2n) is 7.01. The first kappa shape index (κ1) is 23.8. The van der Waals surface area contributed by atoms with Gasteiger partial charge in [-0.1, -0.05) is 42.5 Å². The predicted molar refractivity (Wildman–Crippen MR) is 119 cm³/mol. The normalized spacial score (nSPS) is 10.6. The largest absolute Gasteiger partial charge is 0.493 e. The van der Waals surface area contributed by atoms with Gasteiger partial charge in [-0.3, -0.25) is 4.79 Å². The van der Waals surface area contributed by atoms with Gasteiger partial charge in [0.05, 0.1) is 14.2 Å². The number of methoxy groups -OCH3 is 2. The average molecular weight is 457 g/mol. The molecule has 0 heterocycles. The minimum atomic E-state index is -2.86. The number of ether oxygens (including phenoxy) is 4. The molecule has 0 saturated heterocycles. The lowest BCUT2D eigenvalue weighted by molar-refractivity contribution is -0.0498. The molecule has 6 nitrogen and oxygen atoms in total. The van der Waals surface area contributed by atoms with Crippen LogP contribution in [0.5, 0.6) is 23.0 Å². The first-order valence-electron chi connectivity index (χ1n) is 10.2. The average Bonchev–Trinajstić information content (AvgIpc) is 2.83. The molecule has 3 rings (SSSR count). The van der Waals surface area contributed by atoms with Crippen LogP contribution < -0.4 is 24.3 Å². The van der Waals surface area contributed by atoms with Gasteiger partial charge in [0.25, 0.3) is 5.91 Å². The molecule has 0 atom stereocenters. The van der Waals surface area contributed by atoms with Gasteiger partial charge >= 0.3 is 6.61 Å². The highest BCUT2D eigenvalue weighted by atomic mass is 19.3. The monoisotopic (exact) mass is 457 g/mol. The molecule has 0 aliphatic heterocycles. The molecular weight excluding hydrogens is 432 g/mol. The van der Waals surface area contributed by atoms with Crippen molar-refractivity contribution >= 4 is 5.91 Å². The maximum absolute atomic E-state index is 12.7. The molecule has 1 amide bonds. The summed E-state index contributed by atoms with van der Waals surface area (Å²) in [5.74, 6) is 0.951. The van der Waals surface area contributed by atoms with Crippen LogP contribution in [-0.4, -0.2) is 33.3 Å². The Balaban J connectivity index is 1.62. The fraction of sp³-hybridized carbons (Fsp3) is 0.240. The van der Waals surface area contributed by atoms with E-state index in [1.165, 1.54) is 26.4 Å². The Morgan fingerprint density at radius 1 is 0.909 bits per heavy atom. The Hall–Kier alpha value is -3.81. The van der Waals surface area contributed by atoms with Gasteiger partial charge in [-0.05, 0) is 41.8 Å². The minimum absolute atomic E-state index is 0.0894. The molecular formula is C25H25F2NO5. The fourth-order valence-electron chi connectivity index (χ4n) is 3.14. The molecule has 3 aromatic carbocycles. The molecule has 0 fully saturated rings. The Morgan fingerprint density at radius 2 is 1.55 bits per heavy atom. The Morgan fingerprint density at radius 3 is 2.12 bits per heavy atom. The molecule has 0 saturated carbocycles. The van der Waals surface area contributed by atoms with Gasteiger partial charge < -0.3 is 24.3 Å². The molecule has 0 unspecified atom stereocenters. The van der Waals surface area contributed by atoms with Crippen molar-refractivity contribution in [3.8, 4) is 23.0 Å². The maximum atomic E-state index is 12.7. The van der Waals surface area contributed by atoms with E-state index in [0.29, 0.717) is 42.4 Å². The molecule has 0 aliphatic carbocycles. The SMILES string of the molecule is COc1cc(C(=O)NCCc2ccc(OC(F)F)cc2)cc(OC)c1OCc1ccccc1. The van der Waals surface area contributed by atoms with Crippen LogP contribution in [0.15, 0.2) is 66.7 Å². The van der Waals surface area contributed by atoms with E-state index >= 15 is 0 Å². The molecule has 174 valence electrons. The van der Waals surface area contributed by atoms with Crippen LogP contribution in [-0.2, 0) is 13.0 Å². The van der Waals surface area contributed by atoms with E-state index in [4.69, 9.17) is 14.2 Å². The van der Waals surface area contributed by atoms with Crippen LogP contribution in [0.2, 0.25) is 0 Å². The number of benzene rings is 3. The number of halogens is 2. The molecule has 33 heavy (non-hydrogen) atoms. The van der Waals surface area contributed by atoms with E-state index in [0.717, 1.165) is 11.1 Å². The van der Waals surface area contributed by atoms with Crippen molar-refractivity contribution in [1.29, 1.82) is 0 Å². The van der Waals surface area contributed by atoms with E-state index in [1.807, 2.05) is 30.3 Å². The first-order chi connectivity index (χ1) is 16.0. The topological polar surface area (TPSA) is 66.0 Å². The van der Waals surface area contributed by atoms with E-state index < -0.39 is 6.61 Å². The van der Waals surface area contributed by atoms with Gasteiger partial charge in [-0.2, -0.15) is 8.78 Å². The van der Waals surface area contributed by atoms with Crippen molar-refractivity contribution in [2.24, 2.45) is 0 Å². The van der Waals surface area contributed by atoms with E-state index in [2.05, 4.69) is 10.1 Å². The van der Waals surface area contributed by atoms with Gasteiger partial charge in [0, 0.05) is 12.1 Å². The van der Waals surface area contributed by atoms with Crippen molar-refractivity contribution in [1.82, 2.24) is 5.32 Å². The number of nitrogens with one attached hydrogen (secondary N) is 1. The van der Waals surface area contributed by atoms with Crippen LogP contribution in [0.4, 0.5) is 8.78 Å². The summed E-state index contributed by atoms with van der Waals surface area (Å²) in [6, 6.07) is 19.1. The highest BCUT2D eigenvalue weighted by molar-refractivity contribution is 5.95. The van der Waals surface area contributed by atoms with Gasteiger partial charge in [0.2, 0.25) is 5.75 Å². The number of hydrogen-bond donors (Lipinski definition) is 1. The van der Waals surface area contributed by atoms with E-state index in [-0.39, 0.29) is 11.7 Å². The van der Waals surface area contributed by atoms with Crippen molar-refractivity contribution in [2.45, 2.75) is 19.6 Å². The smallest absolute Gasteiger partial charge is 0.387 e. The number of hydrogen-bond acceptors (Lipinski definition) is 5. The van der Waals surface area contributed by atoms with Gasteiger partial charge in [-0.25, -0.2) is 0 Å². The summed E-state index contributed by atoms with van der Waals surface area (Å²) in [6.45, 7) is -2.19. The highest BCUT2D eigenvalue weighted by Gasteiger charge is 2.18. The summed E-state index contributed by atoms with van der Waals surface area (Å²) in [4.78, 5) is 12.7. The Bertz CT molecular complexity index is 1020. The van der Waals surface area contributed by atoms with Crippen LogP contribution in [0.3, 0.4) is 0 Å². The molecule has 0 spiro atoms. The van der Waals surface area contributed by atoms with Crippen LogP contribution in [0, 0.1) is 0 Å². The lowest BCUT2D eigenvalue weighted by Crippen LogP contribution is -2.25. The fourth-order valence-corrected chi connectivity index (χ4v) is 3.14. The van der Waals surface area contributed by atoms with Crippen LogP contribution >= 0.6 is 0 Å². The summed E-state index contributed by atoms with van der Waals surface area (Å²) >= 11 is 0. The number of carbonyl (C=O) groups is 1. The van der Waals surface area contributed by atoms with E-state index in [1.54, 1.807) is 24.3 Å². The number of alkyl halides is 2. The zero-order valence-electron chi connectivity index (χ0n) is 18.3. The van der Waals surface area contributed by atoms with Gasteiger partial charge in [-0.15, -0.1) is 0 Å². The maximum Gasteiger partial charge on any atom is 0.387 e. The molecule has 0 bridgehead atoms. The van der Waals surface area contributed by atoms with E-state index in [9.17, 15) is 13.6 Å². The molecule has 3 aromatic rings. The standard InChI is InChI=1S/C25H25F2NO5/c1-30-21-14-19(15-22(31-2)23(21)32-16-18-6-4-3-5-7-18)24(29)28-13-12-17-8-10-20(11-9-17)33-25(26)27/h3-11,14-15,25H,12-13,16H2,1-2H3,(H,28,29). The first-order valence-corrected chi connectivity index (χ1v) is 10.2. The van der Waals surface area contributed by atoms with Crippen molar-refractivity contribution in [2.75, 3.05) is 20.8 Å². The van der Waals surface area contributed by atoms with Gasteiger partial charge in [0.1, 0.15) is 12.4 Å². The zero-order chi connectivity index (χ0) is 23.6.